The van der Waals surface area contributed by atoms with Crippen LogP contribution in [0, 0.1) is 5.92 Å². The summed E-state index contributed by atoms with van der Waals surface area (Å²) in [6, 6.07) is 0. The summed E-state index contributed by atoms with van der Waals surface area (Å²) in [4.78, 5) is 0. The molecule has 2 aliphatic rings. The van der Waals surface area contributed by atoms with Gasteiger partial charge in [-0.3, -0.25) is 0 Å². The molecular weight excluding hydrogens is 245 g/mol. The van der Waals surface area contributed by atoms with Crippen LogP contribution in [0.4, 0.5) is 4.39 Å². The molecule has 0 aromatic carbocycles. The third-order valence-electron chi connectivity index (χ3n) is 4.92. The van der Waals surface area contributed by atoms with Crippen molar-refractivity contribution >= 4 is 0 Å². The van der Waals surface area contributed by atoms with Gasteiger partial charge >= 0.3 is 0 Å². The normalized spacial score (nSPS) is 29.5. The van der Waals surface area contributed by atoms with Crippen molar-refractivity contribution in [3.63, 3.8) is 0 Å². The Morgan fingerprint density at radius 2 is 2.16 bits per heavy atom. The van der Waals surface area contributed by atoms with E-state index in [9.17, 15) is 0 Å². The van der Waals surface area contributed by atoms with E-state index in [-0.39, 0.29) is 18.1 Å². The summed E-state index contributed by atoms with van der Waals surface area (Å²) in [6.45, 7) is 1.43. The Kier molecular flexibility index (Phi) is 5.21. The molecule has 0 bridgehead atoms. The Morgan fingerprint density at radius 3 is 2.79 bits per heavy atom. The highest BCUT2D eigenvalue weighted by molar-refractivity contribution is 4.98. The van der Waals surface area contributed by atoms with E-state index in [0.717, 1.165) is 32.1 Å². The SMILES string of the molecule is COCC(F)(CCCN)C1CCOC2(CCCC2)C1. The summed E-state index contributed by atoms with van der Waals surface area (Å²) in [7, 11) is 1.58. The maximum absolute atomic E-state index is 15.3. The second kappa shape index (κ2) is 6.51. The van der Waals surface area contributed by atoms with Crippen LogP contribution in [0.5, 0.6) is 0 Å². The summed E-state index contributed by atoms with van der Waals surface area (Å²) in [5.74, 6) is 0.0610. The van der Waals surface area contributed by atoms with Crippen LogP contribution in [0.15, 0.2) is 0 Å². The zero-order valence-corrected chi connectivity index (χ0v) is 12.1. The topological polar surface area (TPSA) is 44.5 Å². The minimum absolute atomic E-state index is 0.0310. The number of ether oxygens (including phenoxy) is 2. The molecule has 2 fully saturated rings. The number of alkyl halides is 1. The van der Waals surface area contributed by atoms with Crippen molar-refractivity contribution in [3.8, 4) is 0 Å². The summed E-state index contributed by atoms with van der Waals surface area (Å²) in [6.07, 6.45) is 7.55. The summed E-state index contributed by atoms with van der Waals surface area (Å²) >= 11 is 0. The van der Waals surface area contributed by atoms with Crippen LogP contribution < -0.4 is 5.73 Å². The van der Waals surface area contributed by atoms with Crippen molar-refractivity contribution in [2.75, 3.05) is 26.9 Å². The highest BCUT2D eigenvalue weighted by Crippen LogP contribution is 2.46. The number of nitrogens with two attached hydrogens (primary N) is 1. The van der Waals surface area contributed by atoms with Gasteiger partial charge in [0, 0.05) is 19.6 Å². The van der Waals surface area contributed by atoms with Gasteiger partial charge in [0.25, 0.3) is 0 Å². The number of halogens is 1. The number of hydrogen-bond donors (Lipinski definition) is 1. The van der Waals surface area contributed by atoms with E-state index in [1.54, 1.807) is 7.11 Å². The molecule has 1 heterocycles. The Hall–Kier alpha value is -0.190. The van der Waals surface area contributed by atoms with Crippen LogP contribution in [-0.2, 0) is 9.47 Å². The van der Waals surface area contributed by atoms with Gasteiger partial charge in [0.1, 0.15) is 5.67 Å². The number of rotatable bonds is 6. The Bertz CT molecular complexity index is 281. The fourth-order valence-electron chi connectivity index (χ4n) is 3.87. The first-order chi connectivity index (χ1) is 9.14. The fraction of sp³-hybridized carbons (Fsp3) is 1.00. The van der Waals surface area contributed by atoms with E-state index in [1.165, 1.54) is 12.8 Å². The lowest BCUT2D eigenvalue weighted by molar-refractivity contribution is -0.133. The van der Waals surface area contributed by atoms with Gasteiger partial charge in [-0.1, -0.05) is 12.8 Å². The molecule has 4 heteroatoms. The van der Waals surface area contributed by atoms with E-state index in [4.69, 9.17) is 15.2 Å². The quantitative estimate of drug-likeness (QED) is 0.809. The monoisotopic (exact) mass is 273 g/mol. The predicted molar refractivity (Wildman–Crippen MR) is 73.9 cm³/mol. The largest absolute Gasteiger partial charge is 0.381 e. The Labute approximate surface area is 116 Å². The van der Waals surface area contributed by atoms with Gasteiger partial charge in [0.05, 0.1) is 12.2 Å². The predicted octanol–water partition coefficient (Wildman–Crippen LogP) is 2.82. The maximum atomic E-state index is 15.3. The lowest BCUT2D eigenvalue weighted by Gasteiger charge is -2.44. The van der Waals surface area contributed by atoms with E-state index < -0.39 is 5.67 Å². The molecule has 2 N–H and O–H groups in total. The molecule has 1 spiro atoms. The van der Waals surface area contributed by atoms with Gasteiger partial charge in [-0.2, -0.15) is 0 Å². The van der Waals surface area contributed by atoms with Gasteiger partial charge < -0.3 is 15.2 Å². The van der Waals surface area contributed by atoms with E-state index >= 15 is 4.39 Å². The Morgan fingerprint density at radius 1 is 1.42 bits per heavy atom. The molecule has 0 aromatic rings. The van der Waals surface area contributed by atoms with E-state index in [2.05, 4.69) is 0 Å². The summed E-state index contributed by atoms with van der Waals surface area (Å²) < 4.78 is 26.4. The first kappa shape index (κ1) is 15.2. The smallest absolute Gasteiger partial charge is 0.137 e. The summed E-state index contributed by atoms with van der Waals surface area (Å²) in [5, 5.41) is 0. The minimum Gasteiger partial charge on any atom is -0.381 e. The molecule has 0 radical (unpaired) electrons. The lowest BCUT2D eigenvalue weighted by Crippen LogP contribution is -2.47. The Balaban J connectivity index is 2.03. The number of hydrogen-bond acceptors (Lipinski definition) is 3. The maximum Gasteiger partial charge on any atom is 0.137 e. The molecule has 1 aliphatic carbocycles. The average molecular weight is 273 g/mol. The van der Waals surface area contributed by atoms with Crippen LogP contribution in [0.25, 0.3) is 0 Å². The first-order valence-electron chi connectivity index (χ1n) is 7.66. The zero-order chi connectivity index (χ0) is 13.8. The molecule has 0 amide bonds. The standard InChI is InChI=1S/C15H28FNO2/c1-18-12-15(16,8-4-9-17)13-5-10-19-14(11-13)6-2-3-7-14/h13H,2-12,17H2,1H3. The van der Waals surface area contributed by atoms with E-state index in [0.29, 0.717) is 19.6 Å². The van der Waals surface area contributed by atoms with Crippen molar-refractivity contribution in [3.05, 3.63) is 0 Å². The fourth-order valence-corrected chi connectivity index (χ4v) is 3.87. The second-order valence-corrected chi connectivity index (χ2v) is 6.29. The zero-order valence-electron chi connectivity index (χ0n) is 12.1. The highest BCUT2D eigenvalue weighted by Gasteiger charge is 2.47. The van der Waals surface area contributed by atoms with Gasteiger partial charge in [-0.25, -0.2) is 4.39 Å². The van der Waals surface area contributed by atoms with Gasteiger partial charge in [-0.05, 0) is 45.1 Å². The molecule has 2 rings (SSSR count). The molecule has 19 heavy (non-hydrogen) atoms. The van der Waals surface area contributed by atoms with Crippen molar-refractivity contribution in [2.45, 2.75) is 62.6 Å². The van der Waals surface area contributed by atoms with Crippen molar-refractivity contribution in [1.82, 2.24) is 0 Å². The molecule has 1 saturated carbocycles. The van der Waals surface area contributed by atoms with Crippen molar-refractivity contribution in [1.29, 1.82) is 0 Å². The van der Waals surface area contributed by atoms with Crippen LogP contribution in [-0.4, -0.2) is 38.1 Å². The highest BCUT2D eigenvalue weighted by atomic mass is 19.1. The third kappa shape index (κ3) is 3.47. The average Bonchev–Trinajstić information content (AvgIpc) is 2.85. The van der Waals surface area contributed by atoms with Crippen LogP contribution in [0.3, 0.4) is 0 Å². The molecule has 1 saturated heterocycles. The van der Waals surface area contributed by atoms with Crippen LogP contribution in [0.1, 0.15) is 51.4 Å². The van der Waals surface area contributed by atoms with Gasteiger partial charge in [0.2, 0.25) is 0 Å². The third-order valence-corrected chi connectivity index (χ3v) is 4.92. The van der Waals surface area contributed by atoms with Gasteiger partial charge in [0.15, 0.2) is 0 Å². The minimum atomic E-state index is -1.23. The lowest BCUT2D eigenvalue weighted by atomic mass is 9.74. The molecule has 1 aliphatic heterocycles. The number of methoxy groups -OCH3 is 1. The molecule has 112 valence electrons. The molecular formula is C15H28FNO2. The summed E-state index contributed by atoms with van der Waals surface area (Å²) in [5.41, 5.74) is 4.29. The van der Waals surface area contributed by atoms with Crippen molar-refractivity contribution < 1.29 is 13.9 Å². The van der Waals surface area contributed by atoms with Crippen LogP contribution in [0.2, 0.25) is 0 Å². The van der Waals surface area contributed by atoms with Crippen molar-refractivity contribution in [2.24, 2.45) is 11.7 Å². The first-order valence-corrected chi connectivity index (χ1v) is 7.66. The van der Waals surface area contributed by atoms with Crippen LogP contribution >= 0.6 is 0 Å². The molecule has 3 nitrogen and oxygen atoms in total. The van der Waals surface area contributed by atoms with E-state index in [1.807, 2.05) is 0 Å². The van der Waals surface area contributed by atoms with Gasteiger partial charge in [-0.15, -0.1) is 0 Å². The second-order valence-electron chi connectivity index (χ2n) is 6.29. The molecule has 2 unspecified atom stereocenters. The molecule has 0 aromatic heterocycles. The molecule has 2 atom stereocenters.